The maximum absolute atomic E-state index is 11.6. The number of hydrogen-bond acceptors (Lipinski definition) is 6. The highest BCUT2D eigenvalue weighted by atomic mass is 35.5. The number of aromatic nitrogens is 3. The lowest BCUT2D eigenvalue weighted by atomic mass is 10.0. The normalized spacial score (nSPS) is 11.2. The van der Waals surface area contributed by atoms with Gasteiger partial charge in [0.2, 0.25) is 10.0 Å². The Kier molecular flexibility index (Phi) is 5.47. The third-order valence-electron chi connectivity index (χ3n) is 4.36. The van der Waals surface area contributed by atoms with E-state index in [0.717, 1.165) is 16.9 Å². The lowest BCUT2D eigenvalue weighted by molar-refractivity contribution is 0.415. The number of benzene rings is 2. The van der Waals surface area contributed by atoms with Crippen molar-refractivity contribution < 1.29 is 13.2 Å². The first-order valence-electron chi connectivity index (χ1n) is 8.28. The zero-order chi connectivity index (χ0) is 19.9. The van der Waals surface area contributed by atoms with Crippen LogP contribution in [0, 0.1) is 0 Å². The van der Waals surface area contributed by atoms with E-state index < -0.39 is 10.0 Å². The number of hydrogen-bond donors (Lipinski definition) is 3. The van der Waals surface area contributed by atoms with Crippen LogP contribution in [0.1, 0.15) is 0 Å². The highest BCUT2D eigenvalue weighted by Gasteiger charge is 2.14. The van der Waals surface area contributed by atoms with E-state index in [0.29, 0.717) is 28.2 Å². The first kappa shape index (κ1) is 20.6. The topological polar surface area (TPSA) is 137 Å². The molecule has 0 bridgehead atoms. The number of rotatable bonds is 4. The van der Waals surface area contributed by atoms with Crippen molar-refractivity contribution in [3.63, 3.8) is 0 Å². The average molecular weight is 432 g/mol. The summed E-state index contributed by atoms with van der Waals surface area (Å²) >= 11 is 0. The lowest BCUT2D eigenvalue weighted by Gasteiger charge is -2.07. The number of nitrogen functional groups attached to an aromatic ring is 1. The van der Waals surface area contributed by atoms with Gasteiger partial charge in [-0.15, -0.1) is 12.4 Å². The second-order valence-corrected chi connectivity index (χ2v) is 7.76. The first-order chi connectivity index (χ1) is 13.3. The van der Waals surface area contributed by atoms with Crippen molar-refractivity contribution in [1.82, 2.24) is 15.0 Å². The van der Waals surface area contributed by atoms with E-state index >= 15 is 0 Å². The first-order valence-corrected chi connectivity index (χ1v) is 9.82. The van der Waals surface area contributed by atoms with Crippen LogP contribution in [0.2, 0.25) is 0 Å². The molecule has 0 fully saturated rings. The molecule has 4 aromatic rings. The van der Waals surface area contributed by atoms with Gasteiger partial charge in [0, 0.05) is 11.8 Å². The number of anilines is 1. The quantitative estimate of drug-likeness (QED) is 0.454. The number of sulfonamides is 1. The molecular weight excluding hydrogens is 414 g/mol. The molecule has 0 amide bonds. The SMILES string of the molecule is COc1cccc(-c2cnc(N)c(-c3nc4ccc(S(N)(=O)=O)cc4[nH]3)c2)c1.Cl. The molecule has 2 heterocycles. The van der Waals surface area contributed by atoms with Gasteiger partial charge in [-0.2, -0.15) is 0 Å². The number of nitrogens with zero attached hydrogens (tertiary/aromatic N) is 2. The summed E-state index contributed by atoms with van der Waals surface area (Å²) in [6.45, 7) is 0. The van der Waals surface area contributed by atoms with Crippen molar-refractivity contribution >= 4 is 39.3 Å². The van der Waals surface area contributed by atoms with Gasteiger partial charge >= 0.3 is 0 Å². The predicted octanol–water partition coefficient (Wildman–Crippen LogP) is 2.95. The number of fused-ring (bicyclic) bond motifs is 1. The summed E-state index contributed by atoms with van der Waals surface area (Å²) < 4.78 is 28.4. The van der Waals surface area contributed by atoms with Crippen LogP contribution < -0.4 is 15.6 Å². The Hall–Kier alpha value is -3.14. The molecule has 0 radical (unpaired) electrons. The number of H-pyrrole nitrogens is 1. The van der Waals surface area contributed by atoms with Crippen molar-refractivity contribution in [1.29, 1.82) is 0 Å². The number of methoxy groups -OCH3 is 1. The fourth-order valence-electron chi connectivity index (χ4n) is 2.92. The van der Waals surface area contributed by atoms with Gasteiger partial charge in [0.05, 0.1) is 28.6 Å². The van der Waals surface area contributed by atoms with Crippen LogP contribution in [-0.4, -0.2) is 30.5 Å². The van der Waals surface area contributed by atoms with Crippen LogP contribution in [0.25, 0.3) is 33.5 Å². The minimum atomic E-state index is -3.80. The number of ether oxygens (including phenoxy) is 1. The lowest BCUT2D eigenvalue weighted by Crippen LogP contribution is -2.11. The summed E-state index contributed by atoms with van der Waals surface area (Å²) in [6, 6.07) is 13.9. The maximum atomic E-state index is 11.6. The minimum absolute atomic E-state index is 0. The number of pyridine rings is 1. The van der Waals surface area contributed by atoms with E-state index in [-0.39, 0.29) is 17.3 Å². The summed E-state index contributed by atoms with van der Waals surface area (Å²) in [4.78, 5) is 11.9. The summed E-state index contributed by atoms with van der Waals surface area (Å²) in [5.74, 6) is 1.52. The van der Waals surface area contributed by atoms with Crippen molar-refractivity contribution in [3.05, 3.63) is 54.7 Å². The van der Waals surface area contributed by atoms with Gasteiger partial charge in [-0.05, 0) is 42.0 Å². The van der Waals surface area contributed by atoms with E-state index in [4.69, 9.17) is 15.6 Å². The number of primary sulfonamides is 1. The zero-order valence-corrected chi connectivity index (χ0v) is 16.9. The van der Waals surface area contributed by atoms with Crippen LogP contribution in [0.5, 0.6) is 5.75 Å². The molecule has 2 aromatic heterocycles. The molecule has 150 valence electrons. The van der Waals surface area contributed by atoms with Crippen molar-refractivity contribution in [2.45, 2.75) is 4.90 Å². The monoisotopic (exact) mass is 431 g/mol. The summed E-state index contributed by atoms with van der Waals surface area (Å²) in [5.41, 5.74) is 9.56. The van der Waals surface area contributed by atoms with Gasteiger partial charge in [0.15, 0.2) is 0 Å². The molecule has 0 aliphatic heterocycles. The molecule has 10 heteroatoms. The molecule has 0 spiro atoms. The van der Waals surface area contributed by atoms with E-state index in [1.165, 1.54) is 12.1 Å². The Labute approximate surface area is 173 Å². The van der Waals surface area contributed by atoms with E-state index in [1.54, 1.807) is 19.4 Å². The second-order valence-electron chi connectivity index (χ2n) is 6.20. The molecule has 0 atom stereocenters. The second kappa shape index (κ2) is 7.70. The predicted molar refractivity (Wildman–Crippen MR) is 114 cm³/mol. The summed E-state index contributed by atoms with van der Waals surface area (Å²) in [5, 5.41) is 5.20. The number of nitrogens with two attached hydrogens (primary N) is 2. The smallest absolute Gasteiger partial charge is 0.238 e. The fourth-order valence-corrected chi connectivity index (χ4v) is 3.46. The van der Waals surface area contributed by atoms with E-state index in [2.05, 4.69) is 15.0 Å². The van der Waals surface area contributed by atoms with Crippen LogP contribution in [0.15, 0.2) is 59.6 Å². The molecule has 0 unspecified atom stereocenters. The number of aromatic amines is 1. The largest absolute Gasteiger partial charge is 0.497 e. The van der Waals surface area contributed by atoms with Crippen molar-refractivity contribution in [2.75, 3.05) is 12.8 Å². The Morgan fingerprint density at radius 2 is 1.86 bits per heavy atom. The zero-order valence-electron chi connectivity index (χ0n) is 15.3. The van der Waals surface area contributed by atoms with E-state index in [9.17, 15) is 8.42 Å². The van der Waals surface area contributed by atoms with Crippen LogP contribution >= 0.6 is 12.4 Å². The third-order valence-corrected chi connectivity index (χ3v) is 5.27. The standard InChI is InChI=1S/C19H17N5O3S.ClH/c1-27-13-4-2-3-11(7-13)12-8-15(18(20)22-10-12)19-23-16-6-5-14(28(21,25)26)9-17(16)24-19;/h2-10H,1H3,(H2,20,22)(H,23,24)(H2,21,25,26);1H. The van der Waals surface area contributed by atoms with Crippen LogP contribution in [-0.2, 0) is 10.0 Å². The number of imidazole rings is 1. The molecular formula is C19H18ClN5O3S. The van der Waals surface area contributed by atoms with E-state index in [1.807, 2.05) is 30.3 Å². The van der Waals surface area contributed by atoms with Gasteiger partial charge in [-0.3, -0.25) is 0 Å². The molecule has 0 aliphatic rings. The Morgan fingerprint density at radius 3 is 2.59 bits per heavy atom. The molecule has 8 nitrogen and oxygen atoms in total. The molecule has 4 rings (SSSR count). The Bertz CT molecular complexity index is 1300. The van der Waals surface area contributed by atoms with Gasteiger partial charge in [0.25, 0.3) is 0 Å². The number of halogens is 1. The molecule has 5 N–H and O–H groups in total. The van der Waals surface area contributed by atoms with Gasteiger partial charge in [0.1, 0.15) is 17.4 Å². The fraction of sp³-hybridized carbons (Fsp3) is 0.0526. The van der Waals surface area contributed by atoms with Crippen molar-refractivity contribution in [2.24, 2.45) is 5.14 Å². The Morgan fingerprint density at radius 1 is 1.07 bits per heavy atom. The maximum Gasteiger partial charge on any atom is 0.238 e. The number of nitrogens with one attached hydrogen (secondary N) is 1. The van der Waals surface area contributed by atoms with Crippen LogP contribution in [0.4, 0.5) is 5.82 Å². The van der Waals surface area contributed by atoms with Gasteiger partial charge in [-0.25, -0.2) is 23.5 Å². The Balaban J connectivity index is 0.00000240. The summed E-state index contributed by atoms with van der Waals surface area (Å²) in [7, 11) is -2.20. The minimum Gasteiger partial charge on any atom is -0.497 e. The average Bonchev–Trinajstić information content (AvgIpc) is 3.10. The summed E-state index contributed by atoms with van der Waals surface area (Å²) in [6.07, 6.45) is 1.68. The highest BCUT2D eigenvalue weighted by Crippen LogP contribution is 2.31. The molecule has 0 aliphatic carbocycles. The molecule has 29 heavy (non-hydrogen) atoms. The van der Waals surface area contributed by atoms with Crippen LogP contribution in [0.3, 0.4) is 0 Å². The molecule has 0 saturated carbocycles. The van der Waals surface area contributed by atoms with Gasteiger partial charge < -0.3 is 15.5 Å². The molecule has 2 aromatic carbocycles. The van der Waals surface area contributed by atoms with Gasteiger partial charge in [-0.1, -0.05) is 12.1 Å². The third kappa shape index (κ3) is 4.02. The molecule has 0 saturated heterocycles. The highest BCUT2D eigenvalue weighted by molar-refractivity contribution is 7.89. The van der Waals surface area contributed by atoms with Crippen molar-refractivity contribution in [3.8, 4) is 28.3 Å².